The molecule has 2 aromatic carbocycles. The van der Waals surface area contributed by atoms with Crippen molar-refractivity contribution in [2.75, 3.05) is 11.9 Å². The van der Waals surface area contributed by atoms with Crippen LogP contribution in [0, 0.1) is 6.92 Å². The van der Waals surface area contributed by atoms with Gasteiger partial charge in [0, 0.05) is 10.2 Å². The summed E-state index contributed by atoms with van der Waals surface area (Å²) < 4.78 is 6.20. The molecular formula is C16H14BrClN2O2S. The molecule has 2 N–H and O–H groups in total. The average molecular weight is 414 g/mol. The third-order valence-corrected chi connectivity index (χ3v) is 3.81. The molecule has 1 amide bonds. The van der Waals surface area contributed by atoms with E-state index in [4.69, 9.17) is 28.6 Å². The number of hydrogen-bond acceptors (Lipinski definition) is 3. The van der Waals surface area contributed by atoms with Crippen molar-refractivity contribution < 1.29 is 9.53 Å². The Morgan fingerprint density at radius 2 is 1.96 bits per heavy atom. The van der Waals surface area contributed by atoms with Crippen molar-refractivity contribution in [2.45, 2.75) is 6.92 Å². The van der Waals surface area contributed by atoms with Gasteiger partial charge >= 0.3 is 0 Å². The first-order valence-electron chi connectivity index (χ1n) is 6.69. The summed E-state index contributed by atoms with van der Waals surface area (Å²) in [6, 6.07) is 12.8. The molecule has 0 heterocycles. The predicted octanol–water partition coefficient (Wildman–Crippen LogP) is 4.30. The maximum Gasteiger partial charge on any atom is 0.264 e. The number of aryl methyl sites for hydroxylation is 1. The van der Waals surface area contributed by atoms with Gasteiger partial charge in [0.1, 0.15) is 5.75 Å². The molecule has 4 nitrogen and oxygen atoms in total. The molecule has 0 aliphatic rings. The highest BCUT2D eigenvalue weighted by molar-refractivity contribution is 9.10. The number of rotatable bonds is 4. The van der Waals surface area contributed by atoms with Crippen molar-refractivity contribution in [1.29, 1.82) is 0 Å². The molecule has 0 aliphatic heterocycles. The van der Waals surface area contributed by atoms with Gasteiger partial charge in [-0.2, -0.15) is 0 Å². The number of carbonyl (C=O) groups excluding carboxylic acids is 1. The molecule has 2 aromatic rings. The Morgan fingerprint density at radius 1 is 1.26 bits per heavy atom. The molecule has 0 atom stereocenters. The number of nitrogens with one attached hydrogen (secondary N) is 2. The summed E-state index contributed by atoms with van der Waals surface area (Å²) in [6.07, 6.45) is 0. The number of halogens is 2. The SMILES string of the molecule is Cc1ccc(NC(=S)NC(=O)COc2ccc(Br)cc2Cl)cc1. The molecule has 0 fully saturated rings. The molecule has 0 radical (unpaired) electrons. The highest BCUT2D eigenvalue weighted by Gasteiger charge is 2.08. The number of amides is 1. The molecule has 23 heavy (non-hydrogen) atoms. The molecular weight excluding hydrogens is 400 g/mol. The van der Waals surface area contributed by atoms with Crippen LogP contribution in [0.4, 0.5) is 5.69 Å². The van der Waals surface area contributed by atoms with E-state index in [-0.39, 0.29) is 17.6 Å². The van der Waals surface area contributed by atoms with Gasteiger partial charge in [-0.15, -0.1) is 0 Å². The number of hydrogen-bond donors (Lipinski definition) is 2. The predicted molar refractivity (Wildman–Crippen MR) is 100 cm³/mol. The Kier molecular flexibility index (Phi) is 6.38. The van der Waals surface area contributed by atoms with Crippen LogP contribution in [0.5, 0.6) is 5.75 Å². The van der Waals surface area contributed by atoms with Gasteiger partial charge in [-0.25, -0.2) is 0 Å². The summed E-state index contributed by atoms with van der Waals surface area (Å²) in [7, 11) is 0. The lowest BCUT2D eigenvalue weighted by Gasteiger charge is -2.11. The van der Waals surface area contributed by atoms with Gasteiger partial charge in [-0.3, -0.25) is 10.1 Å². The maximum absolute atomic E-state index is 11.8. The van der Waals surface area contributed by atoms with Crippen LogP contribution in [-0.2, 0) is 4.79 Å². The van der Waals surface area contributed by atoms with E-state index in [2.05, 4.69) is 26.6 Å². The summed E-state index contributed by atoms with van der Waals surface area (Å²) in [4.78, 5) is 11.8. The van der Waals surface area contributed by atoms with E-state index >= 15 is 0 Å². The van der Waals surface area contributed by atoms with Gasteiger partial charge in [0.05, 0.1) is 5.02 Å². The van der Waals surface area contributed by atoms with E-state index in [0.717, 1.165) is 15.7 Å². The number of benzene rings is 2. The minimum atomic E-state index is -0.367. The molecule has 0 aromatic heterocycles. The highest BCUT2D eigenvalue weighted by atomic mass is 79.9. The van der Waals surface area contributed by atoms with Crippen LogP contribution in [-0.4, -0.2) is 17.6 Å². The minimum Gasteiger partial charge on any atom is -0.482 e. The van der Waals surface area contributed by atoms with Crippen LogP contribution in [0.1, 0.15) is 5.56 Å². The zero-order valence-electron chi connectivity index (χ0n) is 12.2. The molecule has 0 aliphatic carbocycles. The Hall–Kier alpha value is -1.63. The Morgan fingerprint density at radius 3 is 2.61 bits per heavy atom. The van der Waals surface area contributed by atoms with Crippen molar-refractivity contribution in [3.05, 3.63) is 57.5 Å². The first kappa shape index (κ1) is 17.7. The van der Waals surface area contributed by atoms with Gasteiger partial charge in [-0.05, 0) is 49.5 Å². The van der Waals surface area contributed by atoms with E-state index in [9.17, 15) is 4.79 Å². The molecule has 0 bridgehead atoms. The zero-order chi connectivity index (χ0) is 16.8. The largest absolute Gasteiger partial charge is 0.482 e. The Bertz CT molecular complexity index is 723. The maximum atomic E-state index is 11.8. The summed E-state index contributed by atoms with van der Waals surface area (Å²) in [5.41, 5.74) is 1.95. The van der Waals surface area contributed by atoms with Crippen molar-refractivity contribution in [1.82, 2.24) is 5.32 Å². The average Bonchev–Trinajstić information content (AvgIpc) is 2.48. The monoisotopic (exact) mass is 412 g/mol. The van der Waals surface area contributed by atoms with Crippen LogP contribution < -0.4 is 15.4 Å². The molecule has 0 saturated heterocycles. The third kappa shape index (κ3) is 5.82. The van der Waals surface area contributed by atoms with Gasteiger partial charge in [0.15, 0.2) is 11.7 Å². The number of ether oxygens (including phenoxy) is 1. The summed E-state index contributed by atoms with van der Waals surface area (Å²) in [5.74, 6) is 0.0658. The van der Waals surface area contributed by atoms with Gasteiger partial charge < -0.3 is 10.1 Å². The molecule has 2 rings (SSSR count). The van der Waals surface area contributed by atoms with Gasteiger partial charge in [0.2, 0.25) is 0 Å². The first-order chi connectivity index (χ1) is 10.9. The first-order valence-corrected chi connectivity index (χ1v) is 8.27. The quantitative estimate of drug-likeness (QED) is 0.734. The number of thiocarbonyl (C=S) groups is 1. The lowest BCUT2D eigenvalue weighted by molar-refractivity contribution is -0.121. The lowest BCUT2D eigenvalue weighted by atomic mass is 10.2. The number of anilines is 1. The minimum absolute atomic E-state index is 0.183. The lowest BCUT2D eigenvalue weighted by Crippen LogP contribution is -2.37. The van der Waals surface area contributed by atoms with E-state index in [1.165, 1.54) is 0 Å². The normalized spacial score (nSPS) is 10.0. The van der Waals surface area contributed by atoms with Crippen molar-refractivity contribution in [3.8, 4) is 5.75 Å². The zero-order valence-corrected chi connectivity index (χ0v) is 15.4. The fourth-order valence-corrected chi connectivity index (χ4v) is 2.66. The standard InChI is InChI=1S/C16H14BrClN2O2S/c1-10-2-5-12(6-3-10)19-16(23)20-15(21)9-22-14-7-4-11(17)8-13(14)18/h2-8H,9H2,1H3,(H2,19,20,21,23). The number of carbonyl (C=O) groups is 1. The molecule has 0 saturated carbocycles. The van der Waals surface area contributed by atoms with Gasteiger partial charge in [-0.1, -0.05) is 45.2 Å². The third-order valence-electron chi connectivity index (χ3n) is 2.82. The van der Waals surface area contributed by atoms with E-state index < -0.39 is 0 Å². The summed E-state index contributed by atoms with van der Waals surface area (Å²) in [6.45, 7) is 1.81. The fourth-order valence-electron chi connectivity index (χ4n) is 1.70. The van der Waals surface area contributed by atoms with Crippen molar-refractivity contribution in [3.63, 3.8) is 0 Å². The van der Waals surface area contributed by atoms with E-state index in [1.54, 1.807) is 18.2 Å². The van der Waals surface area contributed by atoms with Crippen LogP contribution in [0.2, 0.25) is 5.02 Å². The fraction of sp³-hybridized carbons (Fsp3) is 0.125. The van der Waals surface area contributed by atoms with Crippen molar-refractivity contribution >= 4 is 56.5 Å². The summed E-state index contributed by atoms with van der Waals surface area (Å²) in [5, 5.41) is 6.11. The van der Waals surface area contributed by atoms with Crippen LogP contribution in [0.3, 0.4) is 0 Å². The van der Waals surface area contributed by atoms with Gasteiger partial charge in [0.25, 0.3) is 5.91 Å². The highest BCUT2D eigenvalue weighted by Crippen LogP contribution is 2.27. The van der Waals surface area contributed by atoms with E-state index in [0.29, 0.717) is 10.8 Å². The second-order valence-electron chi connectivity index (χ2n) is 4.73. The molecule has 120 valence electrons. The Balaban J connectivity index is 1.82. The molecule has 7 heteroatoms. The van der Waals surface area contributed by atoms with Crippen LogP contribution in [0.25, 0.3) is 0 Å². The molecule has 0 unspecified atom stereocenters. The smallest absolute Gasteiger partial charge is 0.264 e. The van der Waals surface area contributed by atoms with Crippen molar-refractivity contribution in [2.24, 2.45) is 0 Å². The second-order valence-corrected chi connectivity index (χ2v) is 6.46. The topological polar surface area (TPSA) is 50.4 Å². The molecule has 0 spiro atoms. The Labute approximate surface area is 153 Å². The van der Waals surface area contributed by atoms with E-state index in [1.807, 2.05) is 31.2 Å². The van der Waals surface area contributed by atoms with Crippen LogP contribution >= 0.6 is 39.7 Å². The summed E-state index contributed by atoms with van der Waals surface area (Å²) >= 11 is 14.4. The second kappa shape index (κ2) is 8.29. The van der Waals surface area contributed by atoms with Crippen LogP contribution in [0.15, 0.2) is 46.9 Å².